The second-order valence-electron chi connectivity index (χ2n) is 8.97. The molecule has 12 heteroatoms. The first-order valence-electron chi connectivity index (χ1n) is 12.3. The van der Waals surface area contributed by atoms with Gasteiger partial charge in [0.1, 0.15) is 29.6 Å². The highest BCUT2D eigenvalue weighted by Gasteiger charge is 2.32. The third-order valence-corrected chi connectivity index (χ3v) is 6.00. The van der Waals surface area contributed by atoms with Gasteiger partial charge in [-0.15, -0.1) is 0 Å². The van der Waals surface area contributed by atoms with Gasteiger partial charge in [0.15, 0.2) is 0 Å². The fourth-order valence-electron chi connectivity index (χ4n) is 3.76. The van der Waals surface area contributed by atoms with Crippen molar-refractivity contribution >= 4 is 23.5 Å². The number of hydrogen-bond acceptors (Lipinski definition) is 6. The normalized spacial score (nSPS) is 13.2. The van der Waals surface area contributed by atoms with E-state index in [2.05, 4.69) is 17.2 Å². The van der Waals surface area contributed by atoms with Gasteiger partial charge in [-0.1, -0.05) is 37.8 Å². The Balaban J connectivity index is 2.23. The summed E-state index contributed by atoms with van der Waals surface area (Å²) in [5, 5.41) is 15.8. The van der Waals surface area contributed by atoms with Crippen LogP contribution in [-0.2, 0) is 20.9 Å². The summed E-state index contributed by atoms with van der Waals surface area (Å²) in [5.74, 6) is -5.05. The van der Waals surface area contributed by atoms with Gasteiger partial charge in [0.2, 0.25) is 17.7 Å². The number of nitrogens with one attached hydrogen (secondary N) is 2. The lowest BCUT2D eigenvalue weighted by atomic mass is 9.98. The molecule has 9 nitrogen and oxygen atoms in total. The van der Waals surface area contributed by atoms with Crippen molar-refractivity contribution in [2.75, 3.05) is 26.2 Å². The van der Waals surface area contributed by atoms with Crippen LogP contribution in [0, 0.1) is 17.6 Å². The Morgan fingerprint density at radius 1 is 1.03 bits per heavy atom. The summed E-state index contributed by atoms with van der Waals surface area (Å²) < 4.78 is 41.0. The second-order valence-corrected chi connectivity index (χ2v) is 8.97. The van der Waals surface area contributed by atoms with Gasteiger partial charge in [-0.05, 0) is 23.8 Å². The molecule has 39 heavy (non-hydrogen) atoms. The molecule has 2 aromatic carbocycles. The van der Waals surface area contributed by atoms with E-state index in [0.29, 0.717) is 0 Å². The molecule has 0 aliphatic carbocycles. The van der Waals surface area contributed by atoms with Gasteiger partial charge < -0.3 is 32.1 Å². The number of nitrogens with zero attached hydrogens (tertiary/aromatic N) is 1. The van der Waals surface area contributed by atoms with Crippen LogP contribution in [0.25, 0.3) is 5.83 Å². The van der Waals surface area contributed by atoms with E-state index in [4.69, 9.17) is 11.5 Å². The Hall–Kier alpha value is -3.74. The number of aliphatic hydroxyl groups excluding tert-OH is 1. The molecule has 0 radical (unpaired) electrons. The molecule has 7 N–H and O–H groups in total. The van der Waals surface area contributed by atoms with Crippen LogP contribution in [0.15, 0.2) is 49.0 Å². The van der Waals surface area contributed by atoms with Crippen molar-refractivity contribution < 1.29 is 32.7 Å². The molecular weight excluding hydrogens is 515 g/mol. The predicted octanol–water partition coefficient (Wildman–Crippen LogP) is 1.51. The lowest BCUT2D eigenvalue weighted by Crippen LogP contribution is -2.51. The molecule has 0 aliphatic rings. The van der Waals surface area contributed by atoms with Crippen LogP contribution >= 0.6 is 0 Å². The number of halogens is 3. The Morgan fingerprint density at radius 3 is 2.21 bits per heavy atom. The van der Waals surface area contributed by atoms with Crippen molar-refractivity contribution in [1.82, 2.24) is 15.5 Å². The van der Waals surface area contributed by atoms with Crippen LogP contribution in [0.2, 0.25) is 0 Å². The van der Waals surface area contributed by atoms with Crippen molar-refractivity contribution in [3.05, 3.63) is 77.4 Å². The minimum atomic E-state index is -1.61. The van der Waals surface area contributed by atoms with Crippen LogP contribution < -0.4 is 22.1 Å². The lowest BCUT2D eigenvalue weighted by molar-refractivity contribution is -0.137. The summed E-state index contributed by atoms with van der Waals surface area (Å²) >= 11 is 0. The van der Waals surface area contributed by atoms with E-state index in [1.165, 1.54) is 36.1 Å². The molecule has 2 rings (SSSR count). The van der Waals surface area contributed by atoms with Gasteiger partial charge in [-0.2, -0.15) is 0 Å². The Bertz CT molecular complexity index is 1160. The standard InChI is InChI=1S/C27H34F3N5O4/c1-16(13-23(36)35(11-9-31)12-10-32)26(38)34-24(25(37)19-5-3-18(4-6-19)17(2)28)27(39)33-15-20-14-21(29)7-8-22(20)30/h3-8,14,16,24-25,37H,2,9-13,15,31-32H2,1H3,(H,33,39)(H,34,38). The first-order chi connectivity index (χ1) is 18.5. The molecular formula is C27H34F3N5O4. The fraction of sp³-hybridized carbons (Fsp3) is 0.370. The average molecular weight is 550 g/mol. The fourth-order valence-corrected chi connectivity index (χ4v) is 3.76. The van der Waals surface area contributed by atoms with Crippen molar-refractivity contribution in [3.8, 4) is 0 Å². The summed E-state index contributed by atoms with van der Waals surface area (Å²) in [4.78, 5) is 40.1. The number of rotatable bonds is 14. The third kappa shape index (κ3) is 9.20. The highest BCUT2D eigenvalue weighted by atomic mass is 19.1. The zero-order valence-corrected chi connectivity index (χ0v) is 21.6. The number of carbonyl (C=O) groups is 3. The number of amides is 3. The van der Waals surface area contributed by atoms with Crippen LogP contribution in [0.1, 0.15) is 36.1 Å². The average Bonchev–Trinajstić information content (AvgIpc) is 2.91. The maximum atomic E-state index is 14.0. The van der Waals surface area contributed by atoms with E-state index in [1.54, 1.807) is 0 Å². The summed E-state index contributed by atoms with van der Waals surface area (Å²) in [6, 6.07) is 6.54. The number of aliphatic hydroxyl groups is 1. The zero-order chi connectivity index (χ0) is 29.1. The van der Waals surface area contributed by atoms with Gasteiger partial charge in [-0.25, -0.2) is 13.2 Å². The van der Waals surface area contributed by atoms with Gasteiger partial charge >= 0.3 is 0 Å². The monoisotopic (exact) mass is 549 g/mol. The lowest BCUT2D eigenvalue weighted by Gasteiger charge is -2.26. The Labute approximate surface area is 225 Å². The second kappa shape index (κ2) is 15.0. The van der Waals surface area contributed by atoms with E-state index in [9.17, 15) is 32.7 Å². The van der Waals surface area contributed by atoms with E-state index >= 15 is 0 Å². The molecule has 0 aliphatic heterocycles. The molecule has 2 aromatic rings. The van der Waals surface area contributed by atoms with Crippen molar-refractivity contribution in [2.24, 2.45) is 17.4 Å². The van der Waals surface area contributed by atoms with Crippen molar-refractivity contribution in [1.29, 1.82) is 0 Å². The van der Waals surface area contributed by atoms with Crippen LogP contribution in [0.4, 0.5) is 13.2 Å². The largest absolute Gasteiger partial charge is 0.386 e. The highest BCUT2D eigenvalue weighted by molar-refractivity contribution is 5.91. The van der Waals surface area contributed by atoms with E-state index < -0.39 is 53.9 Å². The molecule has 0 saturated heterocycles. The van der Waals surface area contributed by atoms with Crippen molar-refractivity contribution in [3.63, 3.8) is 0 Å². The van der Waals surface area contributed by atoms with Gasteiger partial charge in [0, 0.05) is 56.2 Å². The molecule has 0 heterocycles. The molecule has 3 atom stereocenters. The number of nitrogens with two attached hydrogens (primary N) is 2. The molecule has 0 fully saturated rings. The molecule has 0 spiro atoms. The summed E-state index contributed by atoms with van der Waals surface area (Å²) in [5.41, 5.74) is 11.2. The van der Waals surface area contributed by atoms with Crippen LogP contribution in [-0.4, -0.2) is 59.9 Å². The summed E-state index contributed by atoms with van der Waals surface area (Å²) in [7, 11) is 0. The minimum absolute atomic E-state index is 0.146. The first-order valence-corrected chi connectivity index (χ1v) is 12.3. The van der Waals surface area contributed by atoms with E-state index in [0.717, 1.165) is 18.2 Å². The topological polar surface area (TPSA) is 151 Å². The molecule has 0 bridgehead atoms. The summed E-state index contributed by atoms with van der Waals surface area (Å²) in [6.07, 6.45) is -1.82. The number of carbonyl (C=O) groups excluding carboxylic acids is 3. The highest BCUT2D eigenvalue weighted by Crippen LogP contribution is 2.22. The molecule has 212 valence electrons. The molecule has 0 aromatic heterocycles. The maximum absolute atomic E-state index is 14.0. The SMILES string of the molecule is C=C(F)c1ccc(C(O)C(NC(=O)C(C)CC(=O)N(CCN)CCN)C(=O)NCc2cc(F)ccc2F)cc1. The molecule has 0 saturated carbocycles. The molecule has 3 unspecified atom stereocenters. The van der Waals surface area contributed by atoms with Gasteiger partial charge in [0.05, 0.1) is 0 Å². The predicted molar refractivity (Wildman–Crippen MR) is 140 cm³/mol. The number of benzene rings is 2. The van der Waals surface area contributed by atoms with Crippen LogP contribution in [0.3, 0.4) is 0 Å². The zero-order valence-electron chi connectivity index (χ0n) is 21.6. The Morgan fingerprint density at radius 2 is 1.64 bits per heavy atom. The quantitative estimate of drug-likeness (QED) is 0.241. The van der Waals surface area contributed by atoms with E-state index in [1.807, 2.05) is 0 Å². The minimum Gasteiger partial charge on any atom is -0.386 e. The van der Waals surface area contributed by atoms with E-state index in [-0.39, 0.29) is 55.2 Å². The smallest absolute Gasteiger partial charge is 0.245 e. The maximum Gasteiger partial charge on any atom is 0.245 e. The van der Waals surface area contributed by atoms with Crippen molar-refractivity contribution in [2.45, 2.75) is 32.0 Å². The Kier molecular flexibility index (Phi) is 12.1. The van der Waals surface area contributed by atoms with Gasteiger partial charge in [-0.3, -0.25) is 14.4 Å². The number of hydrogen-bond donors (Lipinski definition) is 5. The van der Waals surface area contributed by atoms with Gasteiger partial charge in [0.25, 0.3) is 0 Å². The molecule has 3 amide bonds. The third-order valence-electron chi connectivity index (χ3n) is 6.00. The first kappa shape index (κ1) is 31.5. The van der Waals surface area contributed by atoms with Crippen LogP contribution in [0.5, 0.6) is 0 Å². The summed E-state index contributed by atoms with van der Waals surface area (Å²) in [6.45, 7) is 5.17.